The SMILES string of the molecule is COC1OC[C@H](CO)O[C@@H]1OC. The van der Waals surface area contributed by atoms with Gasteiger partial charge in [0, 0.05) is 14.2 Å². The van der Waals surface area contributed by atoms with E-state index in [1.54, 1.807) is 0 Å². The Morgan fingerprint density at radius 1 is 1.33 bits per heavy atom. The van der Waals surface area contributed by atoms with E-state index in [0.717, 1.165) is 0 Å². The maximum atomic E-state index is 8.76. The molecule has 1 heterocycles. The van der Waals surface area contributed by atoms with Crippen LogP contribution in [0.1, 0.15) is 0 Å². The molecular weight excluding hydrogens is 164 g/mol. The van der Waals surface area contributed by atoms with Crippen LogP contribution in [0.15, 0.2) is 0 Å². The zero-order valence-electron chi connectivity index (χ0n) is 7.23. The summed E-state index contributed by atoms with van der Waals surface area (Å²) in [5, 5.41) is 8.76. The van der Waals surface area contributed by atoms with Crippen molar-refractivity contribution in [3.8, 4) is 0 Å². The summed E-state index contributed by atoms with van der Waals surface area (Å²) in [4.78, 5) is 0. The van der Waals surface area contributed by atoms with Crippen molar-refractivity contribution in [3.63, 3.8) is 0 Å². The molecular formula is C7H14O5. The molecule has 0 aromatic carbocycles. The molecule has 1 aliphatic heterocycles. The third kappa shape index (κ3) is 2.15. The maximum Gasteiger partial charge on any atom is 0.209 e. The van der Waals surface area contributed by atoms with Gasteiger partial charge in [0.2, 0.25) is 12.6 Å². The fourth-order valence-electron chi connectivity index (χ4n) is 1.02. The van der Waals surface area contributed by atoms with Gasteiger partial charge < -0.3 is 24.1 Å². The molecule has 0 aromatic heterocycles. The smallest absolute Gasteiger partial charge is 0.209 e. The average molecular weight is 178 g/mol. The van der Waals surface area contributed by atoms with Gasteiger partial charge in [-0.2, -0.15) is 0 Å². The first-order valence-corrected chi connectivity index (χ1v) is 3.75. The predicted octanol–water partition coefficient (Wildman–Crippen LogP) is -0.661. The Kier molecular flexibility index (Phi) is 3.90. The minimum Gasteiger partial charge on any atom is -0.394 e. The van der Waals surface area contributed by atoms with Crippen LogP contribution in [-0.4, -0.2) is 51.2 Å². The number of ether oxygens (including phenoxy) is 4. The largest absolute Gasteiger partial charge is 0.394 e. The van der Waals surface area contributed by atoms with Gasteiger partial charge in [-0.1, -0.05) is 0 Å². The number of rotatable bonds is 3. The van der Waals surface area contributed by atoms with Crippen LogP contribution < -0.4 is 0 Å². The predicted molar refractivity (Wildman–Crippen MR) is 39.5 cm³/mol. The summed E-state index contributed by atoms with van der Waals surface area (Å²) in [6, 6.07) is 0. The van der Waals surface area contributed by atoms with Crippen LogP contribution in [-0.2, 0) is 18.9 Å². The second-order valence-corrected chi connectivity index (χ2v) is 2.48. The zero-order chi connectivity index (χ0) is 8.97. The minimum absolute atomic E-state index is 0.0731. The molecule has 12 heavy (non-hydrogen) atoms. The van der Waals surface area contributed by atoms with Crippen molar-refractivity contribution >= 4 is 0 Å². The van der Waals surface area contributed by atoms with Crippen molar-refractivity contribution < 1.29 is 24.1 Å². The minimum atomic E-state index is -0.555. The molecule has 1 saturated heterocycles. The molecule has 1 rings (SSSR count). The van der Waals surface area contributed by atoms with Crippen LogP contribution in [0.25, 0.3) is 0 Å². The lowest BCUT2D eigenvalue weighted by atomic mass is 10.3. The highest BCUT2D eigenvalue weighted by molar-refractivity contribution is 4.64. The normalized spacial score (nSPS) is 36.8. The summed E-state index contributed by atoms with van der Waals surface area (Å²) in [6.07, 6.45) is -1.37. The highest BCUT2D eigenvalue weighted by atomic mass is 16.8. The van der Waals surface area contributed by atoms with E-state index in [-0.39, 0.29) is 12.7 Å². The quantitative estimate of drug-likeness (QED) is 0.621. The van der Waals surface area contributed by atoms with Crippen molar-refractivity contribution in [2.75, 3.05) is 27.4 Å². The number of methoxy groups -OCH3 is 2. The Balaban J connectivity index is 2.41. The fraction of sp³-hybridized carbons (Fsp3) is 1.00. The van der Waals surface area contributed by atoms with Gasteiger partial charge in [0.1, 0.15) is 6.10 Å². The molecule has 0 aliphatic carbocycles. The summed E-state index contributed by atoms with van der Waals surface area (Å²) in [5.41, 5.74) is 0. The maximum absolute atomic E-state index is 8.76. The van der Waals surface area contributed by atoms with Crippen molar-refractivity contribution in [2.24, 2.45) is 0 Å². The highest BCUT2D eigenvalue weighted by Gasteiger charge is 2.31. The number of aliphatic hydroxyl groups excluding tert-OH is 1. The van der Waals surface area contributed by atoms with E-state index in [0.29, 0.717) is 6.61 Å². The zero-order valence-corrected chi connectivity index (χ0v) is 7.23. The van der Waals surface area contributed by atoms with E-state index in [9.17, 15) is 0 Å². The first kappa shape index (κ1) is 9.88. The summed E-state index contributed by atoms with van der Waals surface area (Å²) in [5.74, 6) is 0. The summed E-state index contributed by atoms with van der Waals surface area (Å²) in [6.45, 7) is 0.255. The van der Waals surface area contributed by atoms with Gasteiger partial charge in [0.15, 0.2) is 0 Å². The van der Waals surface area contributed by atoms with Crippen molar-refractivity contribution in [3.05, 3.63) is 0 Å². The van der Waals surface area contributed by atoms with Crippen LogP contribution in [0.4, 0.5) is 0 Å². The Hall–Kier alpha value is -0.200. The van der Waals surface area contributed by atoms with Crippen molar-refractivity contribution in [1.29, 1.82) is 0 Å². The second-order valence-electron chi connectivity index (χ2n) is 2.48. The van der Waals surface area contributed by atoms with Gasteiger partial charge in [0.25, 0.3) is 0 Å². The second kappa shape index (κ2) is 4.74. The Labute approximate surface area is 71.2 Å². The van der Waals surface area contributed by atoms with Crippen molar-refractivity contribution in [2.45, 2.75) is 18.7 Å². The molecule has 5 heteroatoms. The molecule has 1 aliphatic rings. The van der Waals surface area contributed by atoms with Gasteiger partial charge in [0.05, 0.1) is 13.2 Å². The average Bonchev–Trinajstić information content (AvgIpc) is 2.16. The molecule has 72 valence electrons. The van der Waals surface area contributed by atoms with Gasteiger partial charge >= 0.3 is 0 Å². The van der Waals surface area contributed by atoms with E-state index in [1.807, 2.05) is 0 Å². The third-order valence-electron chi connectivity index (χ3n) is 1.66. The summed E-state index contributed by atoms with van der Waals surface area (Å²) >= 11 is 0. The Morgan fingerprint density at radius 3 is 2.50 bits per heavy atom. The molecule has 5 nitrogen and oxygen atoms in total. The van der Waals surface area contributed by atoms with Crippen LogP contribution in [0, 0.1) is 0 Å². The Morgan fingerprint density at radius 2 is 2.00 bits per heavy atom. The first-order valence-electron chi connectivity index (χ1n) is 3.75. The van der Waals surface area contributed by atoms with Gasteiger partial charge in [-0.05, 0) is 0 Å². The van der Waals surface area contributed by atoms with E-state index < -0.39 is 12.6 Å². The van der Waals surface area contributed by atoms with Crippen LogP contribution >= 0.6 is 0 Å². The lowest BCUT2D eigenvalue weighted by Crippen LogP contribution is -2.46. The number of hydrogen-bond acceptors (Lipinski definition) is 5. The monoisotopic (exact) mass is 178 g/mol. The Bertz CT molecular complexity index is 129. The first-order chi connectivity index (χ1) is 5.81. The number of aliphatic hydroxyl groups is 1. The van der Waals surface area contributed by atoms with Crippen molar-refractivity contribution in [1.82, 2.24) is 0 Å². The van der Waals surface area contributed by atoms with Crippen LogP contribution in [0.3, 0.4) is 0 Å². The molecule has 1 fully saturated rings. The van der Waals surface area contributed by atoms with Gasteiger partial charge in [-0.15, -0.1) is 0 Å². The van der Waals surface area contributed by atoms with Crippen LogP contribution in [0.5, 0.6) is 0 Å². The third-order valence-corrected chi connectivity index (χ3v) is 1.66. The number of hydrogen-bond donors (Lipinski definition) is 1. The molecule has 0 amide bonds. The molecule has 0 aromatic rings. The molecule has 0 saturated carbocycles. The van der Waals surface area contributed by atoms with Gasteiger partial charge in [-0.3, -0.25) is 0 Å². The molecule has 0 radical (unpaired) electrons. The molecule has 0 spiro atoms. The summed E-state index contributed by atoms with van der Waals surface area (Å²) in [7, 11) is 3.01. The fourth-order valence-corrected chi connectivity index (χ4v) is 1.02. The van der Waals surface area contributed by atoms with E-state index in [4.69, 9.17) is 24.1 Å². The van der Waals surface area contributed by atoms with Gasteiger partial charge in [-0.25, -0.2) is 0 Å². The molecule has 1 unspecified atom stereocenters. The van der Waals surface area contributed by atoms with E-state index >= 15 is 0 Å². The molecule has 0 bridgehead atoms. The molecule has 3 atom stereocenters. The highest BCUT2D eigenvalue weighted by Crippen LogP contribution is 2.15. The van der Waals surface area contributed by atoms with E-state index in [1.165, 1.54) is 14.2 Å². The lowest BCUT2D eigenvalue weighted by molar-refractivity contribution is -0.331. The molecule has 1 N–H and O–H groups in total. The summed E-state index contributed by atoms with van der Waals surface area (Å²) < 4.78 is 20.3. The topological polar surface area (TPSA) is 57.2 Å². The van der Waals surface area contributed by atoms with E-state index in [2.05, 4.69) is 0 Å². The standard InChI is InChI=1S/C7H14O5/c1-9-6-7(10-2)12-5(3-8)4-11-6/h5-8H,3-4H2,1-2H3/t5-,6?,7-/m0/s1. The lowest BCUT2D eigenvalue weighted by Gasteiger charge is -2.33. The van der Waals surface area contributed by atoms with Crippen LogP contribution in [0.2, 0.25) is 0 Å².